The Balaban J connectivity index is 1.62. The summed E-state index contributed by atoms with van der Waals surface area (Å²) in [5.41, 5.74) is 4.67. The highest BCUT2D eigenvalue weighted by Gasteiger charge is 2.53. The Kier molecular flexibility index (Phi) is 9.11. The van der Waals surface area contributed by atoms with E-state index in [0.29, 0.717) is 5.75 Å². The number of nitrogens with two attached hydrogens (primary N) is 1. The van der Waals surface area contributed by atoms with Crippen LogP contribution in [0.3, 0.4) is 0 Å². The van der Waals surface area contributed by atoms with Crippen molar-refractivity contribution in [2.75, 3.05) is 25.0 Å². The van der Waals surface area contributed by atoms with Crippen molar-refractivity contribution in [1.29, 1.82) is 0 Å². The minimum absolute atomic E-state index is 0.00384. The third-order valence-corrected chi connectivity index (χ3v) is 7.06. The number of nitrogens with one attached hydrogen (secondary N) is 2. The summed E-state index contributed by atoms with van der Waals surface area (Å²) in [6, 6.07) is -1.71. The van der Waals surface area contributed by atoms with Gasteiger partial charge >= 0.3 is 11.9 Å². The largest absolute Gasteiger partial charge is 0.427 e. The molecule has 2 aliphatic heterocycles. The summed E-state index contributed by atoms with van der Waals surface area (Å²) >= 11 is 2.38. The number of anilines is 1. The molecule has 0 saturated carbocycles. The summed E-state index contributed by atoms with van der Waals surface area (Å²) < 4.78 is 9.96. The van der Waals surface area contributed by atoms with Gasteiger partial charge in [-0.1, -0.05) is 5.16 Å². The summed E-state index contributed by atoms with van der Waals surface area (Å²) in [5.74, 6) is -2.73. The molecule has 0 aliphatic carbocycles. The number of rotatable bonds is 9. The van der Waals surface area contributed by atoms with E-state index in [-0.39, 0.29) is 22.2 Å². The highest BCUT2D eigenvalue weighted by atomic mass is 32.2. The Labute approximate surface area is 226 Å². The molecule has 1 saturated heterocycles. The van der Waals surface area contributed by atoms with E-state index in [1.54, 1.807) is 20.8 Å². The van der Waals surface area contributed by atoms with Crippen molar-refractivity contribution in [2.24, 2.45) is 16.3 Å². The van der Waals surface area contributed by atoms with Crippen molar-refractivity contribution < 1.29 is 38.3 Å². The lowest BCUT2D eigenvalue weighted by Gasteiger charge is -2.48. The number of esters is 2. The predicted molar refractivity (Wildman–Crippen MR) is 138 cm³/mol. The normalized spacial score (nSPS) is 19.8. The maximum Gasteiger partial charge on any atom is 0.357 e. The molecule has 1 aromatic rings. The molecule has 1 fully saturated rings. The molecule has 2 unspecified atom stereocenters. The Bertz CT molecular complexity index is 1190. The van der Waals surface area contributed by atoms with E-state index in [1.165, 1.54) is 42.2 Å². The van der Waals surface area contributed by atoms with Gasteiger partial charge in [0, 0.05) is 11.1 Å². The first-order chi connectivity index (χ1) is 17.8. The van der Waals surface area contributed by atoms with Gasteiger partial charge in [-0.15, -0.1) is 23.1 Å². The molecule has 4 N–H and O–H groups in total. The second-order valence-corrected chi connectivity index (χ2v) is 11.2. The molecule has 0 spiro atoms. The van der Waals surface area contributed by atoms with Gasteiger partial charge in [-0.2, -0.15) is 0 Å². The van der Waals surface area contributed by atoms with Crippen LogP contribution in [0.1, 0.15) is 33.4 Å². The lowest BCUT2D eigenvalue weighted by atomic mass is 9.98. The van der Waals surface area contributed by atoms with Gasteiger partial charge in [0.1, 0.15) is 29.9 Å². The molecule has 14 nitrogen and oxygen atoms in total. The zero-order valence-corrected chi connectivity index (χ0v) is 22.9. The minimum atomic E-state index is -0.958. The average molecular weight is 569 g/mol. The maximum atomic E-state index is 13.0. The summed E-state index contributed by atoms with van der Waals surface area (Å²) in [6.07, 6.45) is 1.52. The maximum absolute atomic E-state index is 13.0. The Morgan fingerprint density at radius 3 is 2.63 bits per heavy atom. The topological polar surface area (TPSA) is 192 Å². The molecular weight excluding hydrogens is 540 g/mol. The zero-order valence-electron chi connectivity index (χ0n) is 21.3. The first-order valence-corrected chi connectivity index (χ1v) is 13.2. The van der Waals surface area contributed by atoms with Gasteiger partial charge in [-0.3, -0.25) is 24.1 Å². The van der Waals surface area contributed by atoms with E-state index in [4.69, 9.17) is 20.0 Å². The predicted octanol–water partition coefficient (Wildman–Crippen LogP) is 0.153. The van der Waals surface area contributed by atoms with Crippen LogP contribution in [0.4, 0.5) is 5.13 Å². The van der Waals surface area contributed by atoms with Crippen LogP contribution in [0, 0.1) is 5.41 Å². The molecule has 0 bridgehead atoms. The smallest absolute Gasteiger partial charge is 0.357 e. The number of fused-ring (bicyclic) bond motifs is 1. The quantitative estimate of drug-likeness (QED) is 0.121. The van der Waals surface area contributed by atoms with Crippen LogP contribution in [0.25, 0.3) is 0 Å². The van der Waals surface area contributed by atoms with Gasteiger partial charge in [0.2, 0.25) is 12.7 Å². The van der Waals surface area contributed by atoms with Crippen molar-refractivity contribution in [3.05, 3.63) is 22.8 Å². The van der Waals surface area contributed by atoms with Gasteiger partial charge in [-0.25, -0.2) is 9.78 Å². The number of β-lactam (4-membered cyclic amide) rings is 1. The number of thioether (sulfide) groups is 1. The molecule has 3 rings (SSSR count). The number of hydrogen-bond acceptors (Lipinski definition) is 13. The molecule has 3 amide bonds. The molecule has 3 atom stereocenters. The lowest BCUT2D eigenvalue weighted by molar-refractivity contribution is -0.173. The molecule has 0 radical (unpaired) electrons. The molecular formula is C22H28N6O8S2. The number of oxime groups is 1. The van der Waals surface area contributed by atoms with E-state index in [2.05, 4.69) is 20.8 Å². The SMILES string of the molecule is CO/N=C(\C(=O)NC1C(=O)N2C(C(=O)OCOC(=O)C(C)(C)C)=CCSC12)c1csc(NC(=O)[C@H](C)N)n1. The number of amides is 3. The molecule has 206 valence electrons. The van der Waals surface area contributed by atoms with Crippen LogP contribution in [0.15, 0.2) is 22.3 Å². The van der Waals surface area contributed by atoms with Gasteiger partial charge < -0.3 is 30.7 Å². The molecule has 1 aromatic heterocycles. The third kappa shape index (κ3) is 6.49. The number of ether oxygens (including phenoxy) is 2. The first-order valence-electron chi connectivity index (χ1n) is 11.3. The van der Waals surface area contributed by atoms with Crippen molar-refractivity contribution in [3.63, 3.8) is 0 Å². The number of nitrogens with zero attached hydrogens (tertiary/aromatic N) is 3. The number of carbonyl (C=O) groups excluding carboxylic acids is 5. The average Bonchev–Trinajstić information content (AvgIpc) is 3.31. The summed E-state index contributed by atoms with van der Waals surface area (Å²) in [7, 11) is 1.24. The van der Waals surface area contributed by atoms with Crippen molar-refractivity contribution >= 4 is 63.6 Å². The molecule has 16 heteroatoms. The summed E-state index contributed by atoms with van der Waals surface area (Å²) in [5, 5.41) is 9.96. The van der Waals surface area contributed by atoms with Crippen LogP contribution >= 0.6 is 23.1 Å². The van der Waals surface area contributed by atoms with Crippen LogP contribution in [-0.2, 0) is 38.3 Å². The Morgan fingerprint density at radius 2 is 2.00 bits per heavy atom. The molecule has 3 heterocycles. The lowest BCUT2D eigenvalue weighted by Crippen LogP contribution is -2.70. The molecule has 0 aromatic carbocycles. The van der Waals surface area contributed by atoms with E-state index in [1.807, 2.05) is 0 Å². The second kappa shape index (κ2) is 11.9. The number of aromatic nitrogens is 1. The first kappa shape index (κ1) is 29.1. The van der Waals surface area contributed by atoms with Crippen molar-refractivity contribution in [2.45, 2.75) is 45.2 Å². The number of carbonyl (C=O) groups is 5. The summed E-state index contributed by atoms with van der Waals surface area (Å²) in [4.78, 5) is 72.2. The van der Waals surface area contributed by atoms with E-state index >= 15 is 0 Å². The fourth-order valence-corrected chi connectivity index (χ4v) is 5.01. The minimum Gasteiger partial charge on any atom is -0.427 e. The van der Waals surface area contributed by atoms with E-state index < -0.39 is 59.3 Å². The van der Waals surface area contributed by atoms with Crippen LogP contribution in [0.2, 0.25) is 0 Å². The highest BCUT2D eigenvalue weighted by Crippen LogP contribution is 2.38. The van der Waals surface area contributed by atoms with Crippen molar-refractivity contribution in [1.82, 2.24) is 15.2 Å². The van der Waals surface area contributed by atoms with Gasteiger partial charge in [0.15, 0.2) is 10.8 Å². The van der Waals surface area contributed by atoms with Gasteiger partial charge in [-0.05, 0) is 33.8 Å². The van der Waals surface area contributed by atoms with Crippen LogP contribution in [0.5, 0.6) is 0 Å². The standard InChI is InChI=1S/C22H28N6O8S2/c1-10(23)15(29)26-21-24-11(8-38-21)13(27-34-5)16(30)25-14-17(31)28-12(6-7-37-18(14)28)19(32)35-9-36-20(33)22(2,3)4/h6,8,10,14,18H,7,9,23H2,1-5H3,(H,25,30)(H,24,26,29)/b27-13-/t10-,14?,18?/m0/s1. The molecule has 38 heavy (non-hydrogen) atoms. The Morgan fingerprint density at radius 1 is 1.29 bits per heavy atom. The van der Waals surface area contributed by atoms with E-state index in [9.17, 15) is 24.0 Å². The monoisotopic (exact) mass is 568 g/mol. The fraction of sp³-hybridized carbons (Fsp3) is 0.500. The number of hydrogen-bond donors (Lipinski definition) is 3. The fourth-order valence-electron chi connectivity index (χ4n) is 3.12. The second-order valence-electron chi connectivity index (χ2n) is 9.14. The zero-order chi connectivity index (χ0) is 28.2. The van der Waals surface area contributed by atoms with Gasteiger partial charge in [0.05, 0.1) is 11.5 Å². The summed E-state index contributed by atoms with van der Waals surface area (Å²) in [6.45, 7) is 5.90. The van der Waals surface area contributed by atoms with Gasteiger partial charge in [0.25, 0.3) is 11.8 Å². The van der Waals surface area contributed by atoms with Crippen LogP contribution in [-0.4, -0.2) is 82.4 Å². The molecule has 2 aliphatic rings. The van der Waals surface area contributed by atoms with Crippen LogP contribution < -0.4 is 16.4 Å². The third-order valence-electron chi connectivity index (χ3n) is 5.12. The Hall–Kier alpha value is -3.50. The van der Waals surface area contributed by atoms with E-state index in [0.717, 1.165) is 11.3 Å². The van der Waals surface area contributed by atoms with Crippen molar-refractivity contribution in [3.8, 4) is 0 Å². The number of thiazole rings is 1. The highest BCUT2D eigenvalue weighted by molar-refractivity contribution is 8.00.